The van der Waals surface area contributed by atoms with Crippen LogP contribution in [0, 0.1) is 0 Å². The molecule has 0 saturated carbocycles. The number of para-hydroxylation sites is 1. The summed E-state index contributed by atoms with van der Waals surface area (Å²) in [5.74, 6) is 0.970. The highest BCUT2D eigenvalue weighted by atomic mass is 32.2. The van der Waals surface area contributed by atoms with Crippen molar-refractivity contribution in [1.29, 1.82) is 0 Å². The lowest BCUT2D eigenvalue weighted by Gasteiger charge is -2.32. The smallest absolute Gasteiger partial charge is 0.234 e. The Bertz CT molecular complexity index is 805. The molecule has 2 aromatic rings. The molecular formula is C21H27N4O2S+. The van der Waals surface area contributed by atoms with Crippen molar-refractivity contribution in [3.8, 4) is 5.75 Å². The summed E-state index contributed by atoms with van der Waals surface area (Å²) in [6, 6.07) is 17.3. The fraction of sp³-hybridized carbons (Fsp3) is 0.333. The van der Waals surface area contributed by atoms with E-state index in [2.05, 4.69) is 17.3 Å². The van der Waals surface area contributed by atoms with Gasteiger partial charge in [-0.3, -0.25) is 4.79 Å². The van der Waals surface area contributed by atoms with Crippen LogP contribution in [0.5, 0.6) is 5.75 Å². The first-order valence-corrected chi connectivity index (χ1v) is 10.4. The minimum absolute atomic E-state index is 0.0567. The Balaban J connectivity index is 1.65. The Morgan fingerprint density at radius 1 is 1.18 bits per heavy atom. The van der Waals surface area contributed by atoms with E-state index < -0.39 is 0 Å². The molecule has 0 aliphatic carbocycles. The molecule has 148 valence electrons. The molecule has 1 fully saturated rings. The zero-order valence-corrected chi connectivity index (χ0v) is 17.2. The van der Waals surface area contributed by atoms with Crippen LogP contribution >= 0.6 is 11.8 Å². The van der Waals surface area contributed by atoms with E-state index in [9.17, 15) is 4.79 Å². The topological polar surface area (TPSA) is 58.4 Å². The first-order valence-electron chi connectivity index (χ1n) is 9.41. The minimum atomic E-state index is -0.0567. The van der Waals surface area contributed by atoms with Gasteiger partial charge in [-0.05, 0) is 24.3 Å². The van der Waals surface area contributed by atoms with E-state index in [1.807, 2.05) is 54.6 Å². The molecule has 0 aromatic heterocycles. The third-order valence-corrected chi connectivity index (χ3v) is 5.57. The molecule has 1 amide bonds. The second kappa shape index (κ2) is 10.1. The maximum atomic E-state index is 12.5. The summed E-state index contributed by atoms with van der Waals surface area (Å²) in [5, 5.41) is 3.83. The number of quaternary nitrogens is 1. The molecule has 0 unspecified atom stereocenters. The predicted octanol–water partition coefficient (Wildman–Crippen LogP) is 1.88. The van der Waals surface area contributed by atoms with Crippen molar-refractivity contribution in [1.82, 2.24) is 4.90 Å². The zero-order valence-electron chi connectivity index (χ0n) is 16.4. The number of benzene rings is 2. The molecule has 1 aliphatic rings. The van der Waals surface area contributed by atoms with Gasteiger partial charge in [-0.15, -0.1) is 0 Å². The van der Waals surface area contributed by atoms with Crippen LogP contribution in [0.25, 0.3) is 0 Å². The van der Waals surface area contributed by atoms with Gasteiger partial charge >= 0.3 is 0 Å². The van der Waals surface area contributed by atoms with Crippen molar-refractivity contribution in [3.05, 3.63) is 54.6 Å². The average Bonchev–Trinajstić information content (AvgIpc) is 2.72. The van der Waals surface area contributed by atoms with Crippen molar-refractivity contribution in [2.24, 2.45) is 4.99 Å². The van der Waals surface area contributed by atoms with Gasteiger partial charge in [0.2, 0.25) is 5.91 Å². The molecule has 6 nitrogen and oxygen atoms in total. The summed E-state index contributed by atoms with van der Waals surface area (Å²) in [7, 11) is 3.82. The van der Waals surface area contributed by atoms with Crippen molar-refractivity contribution in [2.75, 3.05) is 51.4 Å². The number of methoxy groups -OCH3 is 1. The number of anilines is 1. The normalized spacial score (nSPS) is 15.4. The maximum Gasteiger partial charge on any atom is 0.234 e. The Morgan fingerprint density at radius 3 is 2.64 bits per heavy atom. The van der Waals surface area contributed by atoms with Gasteiger partial charge in [0.15, 0.2) is 5.17 Å². The molecular weight excluding hydrogens is 372 g/mol. The van der Waals surface area contributed by atoms with Crippen LogP contribution in [-0.4, -0.2) is 62.1 Å². The Labute approximate surface area is 170 Å². The summed E-state index contributed by atoms with van der Waals surface area (Å²) >= 11 is 1.48. The SMILES string of the molecule is COc1cccc(NC(=O)CSC(=Nc2ccccc2)N2CC[NH+](C)CC2)c1. The van der Waals surface area contributed by atoms with Crippen LogP contribution < -0.4 is 15.0 Å². The highest BCUT2D eigenvalue weighted by Crippen LogP contribution is 2.20. The lowest BCUT2D eigenvalue weighted by atomic mass is 10.3. The monoisotopic (exact) mass is 399 g/mol. The number of nitrogens with zero attached hydrogens (tertiary/aromatic N) is 2. The molecule has 1 heterocycles. The van der Waals surface area contributed by atoms with Crippen LogP contribution in [0.2, 0.25) is 0 Å². The summed E-state index contributed by atoms with van der Waals surface area (Å²) < 4.78 is 5.20. The van der Waals surface area contributed by atoms with E-state index in [0.29, 0.717) is 5.75 Å². The lowest BCUT2D eigenvalue weighted by Crippen LogP contribution is -3.12. The number of nitrogens with one attached hydrogen (secondary N) is 2. The number of hydrogen-bond donors (Lipinski definition) is 2. The lowest BCUT2D eigenvalue weighted by molar-refractivity contribution is -0.883. The number of ether oxygens (including phenoxy) is 1. The van der Waals surface area contributed by atoms with Crippen molar-refractivity contribution >= 4 is 34.2 Å². The molecule has 3 rings (SSSR count). The number of rotatable bonds is 5. The van der Waals surface area contributed by atoms with Gasteiger partial charge in [-0.2, -0.15) is 0 Å². The molecule has 0 radical (unpaired) electrons. The quantitative estimate of drug-likeness (QED) is 0.596. The summed E-state index contributed by atoms with van der Waals surface area (Å²) in [6.45, 7) is 4.04. The minimum Gasteiger partial charge on any atom is -0.497 e. The summed E-state index contributed by atoms with van der Waals surface area (Å²) in [6.07, 6.45) is 0. The van der Waals surface area contributed by atoms with E-state index in [0.717, 1.165) is 48.5 Å². The van der Waals surface area contributed by atoms with Crippen LogP contribution in [0.15, 0.2) is 59.6 Å². The first kappa shape index (κ1) is 20.2. The van der Waals surface area contributed by atoms with Gasteiger partial charge in [-0.1, -0.05) is 36.0 Å². The first-order chi connectivity index (χ1) is 13.6. The zero-order chi connectivity index (χ0) is 19.8. The van der Waals surface area contributed by atoms with E-state index >= 15 is 0 Å². The average molecular weight is 400 g/mol. The van der Waals surface area contributed by atoms with Crippen LogP contribution in [0.4, 0.5) is 11.4 Å². The number of amides is 1. The molecule has 1 saturated heterocycles. The second-order valence-corrected chi connectivity index (χ2v) is 7.69. The molecule has 28 heavy (non-hydrogen) atoms. The molecule has 2 N–H and O–H groups in total. The predicted molar refractivity (Wildman–Crippen MR) is 116 cm³/mol. The van der Waals surface area contributed by atoms with Gasteiger partial charge in [0, 0.05) is 11.8 Å². The second-order valence-electron chi connectivity index (χ2n) is 6.74. The van der Waals surface area contributed by atoms with E-state index in [4.69, 9.17) is 9.73 Å². The van der Waals surface area contributed by atoms with Crippen LogP contribution in [0.1, 0.15) is 0 Å². The third-order valence-electron chi connectivity index (χ3n) is 4.55. The molecule has 1 aliphatic heterocycles. The van der Waals surface area contributed by atoms with Crippen molar-refractivity contribution in [2.45, 2.75) is 0 Å². The van der Waals surface area contributed by atoms with Gasteiger partial charge in [-0.25, -0.2) is 4.99 Å². The molecule has 7 heteroatoms. The van der Waals surface area contributed by atoms with E-state index in [1.165, 1.54) is 16.7 Å². The Kier molecular flexibility index (Phi) is 7.33. The summed E-state index contributed by atoms with van der Waals surface area (Å²) in [5.41, 5.74) is 1.64. The highest BCUT2D eigenvalue weighted by Gasteiger charge is 2.21. The highest BCUT2D eigenvalue weighted by molar-refractivity contribution is 8.14. The van der Waals surface area contributed by atoms with Crippen LogP contribution in [-0.2, 0) is 4.79 Å². The number of carbonyl (C=O) groups is 1. The number of likely N-dealkylation sites (N-methyl/N-ethyl adjacent to an activating group) is 1. The Morgan fingerprint density at radius 2 is 1.93 bits per heavy atom. The van der Waals surface area contributed by atoms with Gasteiger partial charge in [0.05, 0.1) is 51.8 Å². The number of thioether (sulfide) groups is 1. The third kappa shape index (κ3) is 6.00. The van der Waals surface area contributed by atoms with E-state index in [-0.39, 0.29) is 5.91 Å². The van der Waals surface area contributed by atoms with Crippen LogP contribution in [0.3, 0.4) is 0 Å². The number of hydrogen-bond acceptors (Lipinski definition) is 4. The van der Waals surface area contributed by atoms with E-state index in [1.54, 1.807) is 7.11 Å². The summed E-state index contributed by atoms with van der Waals surface area (Å²) in [4.78, 5) is 21.1. The molecule has 0 bridgehead atoms. The standard InChI is InChI=1S/C21H26N4O2S/c1-24-11-13-25(14-12-24)21(23-17-7-4-3-5-8-17)28-16-20(26)22-18-9-6-10-19(15-18)27-2/h3-10,15H,11-14,16H2,1-2H3,(H,22,26)/p+1. The maximum absolute atomic E-state index is 12.5. The number of aliphatic imine (C=N–C) groups is 1. The number of carbonyl (C=O) groups excluding carboxylic acids is 1. The van der Waals surface area contributed by atoms with Crippen molar-refractivity contribution in [3.63, 3.8) is 0 Å². The van der Waals surface area contributed by atoms with Gasteiger partial charge in [0.25, 0.3) is 0 Å². The van der Waals surface area contributed by atoms with Gasteiger partial charge in [0.1, 0.15) is 5.75 Å². The fourth-order valence-electron chi connectivity index (χ4n) is 2.91. The molecule has 2 aromatic carbocycles. The Hall–Kier alpha value is -2.51. The molecule has 0 atom stereocenters. The largest absolute Gasteiger partial charge is 0.497 e. The number of piperazine rings is 1. The fourth-order valence-corrected chi connectivity index (χ4v) is 3.78. The van der Waals surface area contributed by atoms with Crippen molar-refractivity contribution < 1.29 is 14.4 Å². The number of amidine groups is 1. The molecule has 0 spiro atoms. The van der Waals surface area contributed by atoms with Gasteiger partial charge < -0.3 is 19.9 Å².